The van der Waals surface area contributed by atoms with Crippen LogP contribution in [0.3, 0.4) is 0 Å². The Kier molecular flexibility index (Phi) is 5.19. The third-order valence-electron chi connectivity index (χ3n) is 3.32. The molecule has 120 valence electrons. The van der Waals surface area contributed by atoms with E-state index in [1.54, 1.807) is 30.3 Å². The van der Waals surface area contributed by atoms with Crippen LogP contribution < -0.4 is 10.1 Å². The first-order valence-corrected chi connectivity index (χ1v) is 6.99. The number of rotatable bonds is 6. The van der Waals surface area contributed by atoms with Crippen LogP contribution in [0.2, 0.25) is 0 Å². The number of phenolic OH excluding ortho intramolecular Hbond substituents is 1. The highest BCUT2D eigenvalue weighted by Gasteiger charge is 2.12. The number of para-hydroxylation sites is 1. The van der Waals surface area contributed by atoms with Gasteiger partial charge in [-0.25, -0.2) is 4.79 Å². The summed E-state index contributed by atoms with van der Waals surface area (Å²) in [6.45, 7) is 0. The number of aromatic carboxylic acids is 1. The van der Waals surface area contributed by atoms with E-state index < -0.39 is 5.97 Å². The molecule has 0 spiro atoms. The number of aryl methyl sites for hydroxylation is 1. The van der Waals surface area contributed by atoms with Crippen molar-refractivity contribution in [1.29, 1.82) is 0 Å². The zero-order valence-corrected chi connectivity index (χ0v) is 12.6. The van der Waals surface area contributed by atoms with Gasteiger partial charge in [-0.1, -0.05) is 18.2 Å². The zero-order chi connectivity index (χ0) is 16.8. The summed E-state index contributed by atoms with van der Waals surface area (Å²) in [4.78, 5) is 23.1. The van der Waals surface area contributed by atoms with E-state index >= 15 is 0 Å². The van der Waals surface area contributed by atoms with Crippen LogP contribution in [0.1, 0.15) is 22.3 Å². The summed E-state index contributed by atoms with van der Waals surface area (Å²) < 4.78 is 4.96. The molecule has 0 unspecified atom stereocenters. The Labute approximate surface area is 133 Å². The maximum absolute atomic E-state index is 12.0. The van der Waals surface area contributed by atoms with E-state index in [0.29, 0.717) is 12.2 Å². The zero-order valence-electron chi connectivity index (χ0n) is 12.6. The Morgan fingerprint density at radius 1 is 1.17 bits per heavy atom. The molecule has 6 nitrogen and oxygen atoms in total. The lowest BCUT2D eigenvalue weighted by molar-refractivity contribution is -0.116. The quantitative estimate of drug-likeness (QED) is 0.761. The molecule has 1 amide bonds. The number of carboxylic acids is 1. The van der Waals surface area contributed by atoms with Gasteiger partial charge in [-0.05, 0) is 36.2 Å². The molecule has 0 heterocycles. The molecule has 3 N–H and O–H groups in total. The molecule has 0 aromatic heterocycles. The molecule has 0 saturated heterocycles. The van der Waals surface area contributed by atoms with Gasteiger partial charge in [0, 0.05) is 6.42 Å². The van der Waals surface area contributed by atoms with E-state index in [4.69, 9.17) is 9.84 Å². The van der Waals surface area contributed by atoms with E-state index in [-0.39, 0.29) is 29.3 Å². The highest BCUT2D eigenvalue weighted by atomic mass is 16.5. The molecule has 0 fully saturated rings. The molecule has 2 rings (SSSR count). The summed E-state index contributed by atoms with van der Waals surface area (Å²) in [5.41, 5.74) is 1.09. The molecule has 0 aliphatic heterocycles. The minimum absolute atomic E-state index is 0.0154. The van der Waals surface area contributed by atoms with Crippen LogP contribution in [0.15, 0.2) is 42.5 Å². The average molecular weight is 315 g/mol. The number of phenols is 1. The number of aromatic hydroxyl groups is 1. The average Bonchev–Trinajstić information content (AvgIpc) is 2.53. The Morgan fingerprint density at radius 2 is 1.91 bits per heavy atom. The van der Waals surface area contributed by atoms with Crippen LogP contribution in [-0.2, 0) is 11.2 Å². The van der Waals surface area contributed by atoms with Gasteiger partial charge in [-0.15, -0.1) is 0 Å². The molecule has 23 heavy (non-hydrogen) atoms. The number of ether oxygens (including phenoxy) is 1. The Hall–Kier alpha value is -3.02. The Balaban J connectivity index is 1.98. The summed E-state index contributed by atoms with van der Waals surface area (Å²) in [5, 5.41) is 21.4. The van der Waals surface area contributed by atoms with Gasteiger partial charge >= 0.3 is 5.97 Å². The van der Waals surface area contributed by atoms with Crippen LogP contribution in [0, 0.1) is 0 Å². The molecule has 6 heteroatoms. The van der Waals surface area contributed by atoms with Crippen molar-refractivity contribution in [2.75, 3.05) is 12.4 Å². The lowest BCUT2D eigenvalue weighted by Gasteiger charge is -2.09. The largest absolute Gasteiger partial charge is 0.504 e. The number of hydrogen-bond acceptors (Lipinski definition) is 4. The van der Waals surface area contributed by atoms with E-state index in [1.165, 1.54) is 19.2 Å². The van der Waals surface area contributed by atoms with Gasteiger partial charge in [0.15, 0.2) is 11.5 Å². The van der Waals surface area contributed by atoms with E-state index in [2.05, 4.69) is 5.32 Å². The first kappa shape index (κ1) is 16.4. The van der Waals surface area contributed by atoms with Crippen LogP contribution in [0.5, 0.6) is 11.5 Å². The van der Waals surface area contributed by atoms with Crippen molar-refractivity contribution < 1.29 is 24.5 Å². The predicted octanol–water partition coefficient (Wildman–Crippen LogP) is 2.67. The highest BCUT2D eigenvalue weighted by Crippen LogP contribution is 2.26. The van der Waals surface area contributed by atoms with Crippen molar-refractivity contribution in [2.24, 2.45) is 0 Å². The number of hydrogen-bond donors (Lipinski definition) is 3. The van der Waals surface area contributed by atoms with Gasteiger partial charge < -0.3 is 20.3 Å². The molecule has 0 saturated carbocycles. The standard InChI is InChI=1S/C17H17NO5/c1-23-15-8-6-11(10-14(15)19)7-9-16(20)18-13-5-3-2-4-12(13)17(21)22/h2-6,8,10,19H,7,9H2,1H3,(H,18,20)(H,21,22). The monoisotopic (exact) mass is 315 g/mol. The fraction of sp³-hybridized carbons (Fsp3) is 0.176. The minimum atomic E-state index is -1.10. The second kappa shape index (κ2) is 7.31. The SMILES string of the molecule is COc1ccc(CCC(=O)Nc2ccccc2C(=O)O)cc1O. The second-order valence-corrected chi connectivity index (χ2v) is 4.91. The van der Waals surface area contributed by atoms with Gasteiger partial charge in [0.1, 0.15) is 0 Å². The maximum atomic E-state index is 12.0. The molecule has 2 aromatic carbocycles. The molecular weight excluding hydrogens is 298 g/mol. The third kappa shape index (κ3) is 4.23. The Bertz CT molecular complexity index is 727. The first-order valence-electron chi connectivity index (χ1n) is 6.99. The molecular formula is C17H17NO5. The fourth-order valence-electron chi connectivity index (χ4n) is 2.14. The van der Waals surface area contributed by atoms with Crippen molar-refractivity contribution in [3.05, 3.63) is 53.6 Å². The number of benzene rings is 2. The number of nitrogens with one attached hydrogen (secondary N) is 1. The normalized spacial score (nSPS) is 10.1. The van der Waals surface area contributed by atoms with Crippen molar-refractivity contribution in [3.63, 3.8) is 0 Å². The van der Waals surface area contributed by atoms with Gasteiger partial charge in [0.25, 0.3) is 0 Å². The second-order valence-electron chi connectivity index (χ2n) is 4.91. The van der Waals surface area contributed by atoms with Crippen LogP contribution in [0.4, 0.5) is 5.69 Å². The van der Waals surface area contributed by atoms with Crippen LogP contribution in [-0.4, -0.2) is 29.2 Å². The van der Waals surface area contributed by atoms with Crippen molar-refractivity contribution in [1.82, 2.24) is 0 Å². The molecule has 0 aliphatic carbocycles. The summed E-state index contributed by atoms with van der Waals surface area (Å²) in [6, 6.07) is 11.2. The van der Waals surface area contributed by atoms with Gasteiger partial charge in [0.05, 0.1) is 18.4 Å². The number of methoxy groups -OCH3 is 1. The first-order chi connectivity index (χ1) is 11.0. The van der Waals surface area contributed by atoms with Crippen molar-refractivity contribution >= 4 is 17.6 Å². The summed E-state index contributed by atoms with van der Waals surface area (Å²) >= 11 is 0. The van der Waals surface area contributed by atoms with Crippen molar-refractivity contribution in [3.8, 4) is 11.5 Å². The third-order valence-corrected chi connectivity index (χ3v) is 3.32. The number of carboxylic acid groups (broad SMARTS) is 1. The number of anilines is 1. The van der Waals surface area contributed by atoms with Crippen LogP contribution >= 0.6 is 0 Å². The minimum Gasteiger partial charge on any atom is -0.504 e. The van der Waals surface area contributed by atoms with E-state index in [9.17, 15) is 14.7 Å². The predicted molar refractivity (Wildman–Crippen MR) is 85.0 cm³/mol. The lowest BCUT2D eigenvalue weighted by atomic mass is 10.1. The molecule has 0 atom stereocenters. The fourth-order valence-corrected chi connectivity index (χ4v) is 2.14. The summed E-state index contributed by atoms with van der Waals surface area (Å²) in [6.07, 6.45) is 0.582. The van der Waals surface area contributed by atoms with Gasteiger partial charge in [-0.2, -0.15) is 0 Å². The lowest BCUT2D eigenvalue weighted by Crippen LogP contribution is -2.15. The van der Waals surface area contributed by atoms with Gasteiger partial charge in [-0.3, -0.25) is 4.79 Å². The number of carbonyl (C=O) groups excluding carboxylic acids is 1. The summed E-state index contributed by atoms with van der Waals surface area (Å²) in [7, 11) is 1.46. The van der Waals surface area contributed by atoms with Gasteiger partial charge in [0.2, 0.25) is 5.91 Å². The van der Waals surface area contributed by atoms with E-state index in [1.807, 2.05) is 0 Å². The van der Waals surface area contributed by atoms with Crippen molar-refractivity contribution in [2.45, 2.75) is 12.8 Å². The highest BCUT2D eigenvalue weighted by molar-refractivity contribution is 6.00. The van der Waals surface area contributed by atoms with E-state index in [0.717, 1.165) is 5.56 Å². The molecule has 0 radical (unpaired) electrons. The smallest absolute Gasteiger partial charge is 0.337 e. The molecule has 0 aliphatic rings. The van der Waals surface area contributed by atoms with Crippen LogP contribution in [0.25, 0.3) is 0 Å². The summed E-state index contributed by atoms with van der Waals surface area (Å²) in [5.74, 6) is -1.01. The molecule has 0 bridgehead atoms. The number of carbonyl (C=O) groups is 2. The Morgan fingerprint density at radius 3 is 2.57 bits per heavy atom. The topological polar surface area (TPSA) is 95.9 Å². The maximum Gasteiger partial charge on any atom is 0.337 e. The number of amides is 1. The molecule has 2 aromatic rings.